The molecular weight excluding hydrogens is 327 g/mol. The SMILES string of the molecule is Cc1nn(C)cc1-c1ccc(S(C)(=O)=O)cc1-c1ccc(F)cc1. The van der Waals surface area contributed by atoms with E-state index in [9.17, 15) is 12.8 Å². The van der Waals surface area contributed by atoms with E-state index in [4.69, 9.17) is 0 Å². The van der Waals surface area contributed by atoms with Crippen molar-refractivity contribution in [3.63, 3.8) is 0 Å². The zero-order valence-corrected chi connectivity index (χ0v) is 14.4. The molecule has 124 valence electrons. The van der Waals surface area contributed by atoms with Gasteiger partial charge in [0.05, 0.1) is 10.6 Å². The van der Waals surface area contributed by atoms with Crippen molar-refractivity contribution in [1.29, 1.82) is 0 Å². The number of aryl methyl sites for hydroxylation is 2. The summed E-state index contributed by atoms with van der Waals surface area (Å²) in [4.78, 5) is 0.229. The standard InChI is InChI=1S/C18H17FN2O2S/c1-12-18(11-21(2)20-12)16-9-8-15(24(3,22)23)10-17(16)13-4-6-14(19)7-5-13/h4-11H,1-3H3. The van der Waals surface area contributed by atoms with Crippen molar-refractivity contribution in [1.82, 2.24) is 9.78 Å². The molecule has 4 nitrogen and oxygen atoms in total. The summed E-state index contributed by atoms with van der Waals surface area (Å²) in [7, 11) is -1.51. The first kappa shape index (κ1) is 16.4. The normalized spacial score (nSPS) is 11.7. The number of halogens is 1. The van der Waals surface area contributed by atoms with Crippen LogP contribution in [0.4, 0.5) is 4.39 Å². The second-order valence-corrected chi connectivity index (χ2v) is 7.80. The first-order valence-electron chi connectivity index (χ1n) is 7.36. The summed E-state index contributed by atoms with van der Waals surface area (Å²) in [5.74, 6) is -0.336. The Hall–Kier alpha value is -2.47. The van der Waals surface area contributed by atoms with Crippen LogP contribution in [0.2, 0.25) is 0 Å². The average Bonchev–Trinajstić information content (AvgIpc) is 2.85. The molecule has 6 heteroatoms. The van der Waals surface area contributed by atoms with Crippen molar-refractivity contribution < 1.29 is 12.8 Å². The lowest BCUT2D eigenvalue weighted by molar-refractivity contribution is 0.602. The van der Waals surface area contributed by atoms with Crippen LogP contribution in [0.15, 0.2) is 53.6 Å². The molecule has 1 heterocycles. The fourth-order valence-electron chi connectivity index (χ4n) is 2.72. The van der Waals surface area contributed by atoms with Crippen LogP contribution >= 0.6 is 0 Å². The summed E-state index contributed by atoms with van der Waals surface area (Å²) in [5, 5.41) is 4.35. The van der Waals surface area contributed by atoms with Gasteiger partial charge in [-0.3, -0.25) is 4.68 Å². The minimum atomic E-state index is -3.34. The number of hydrogen-bond acceptors (Lipinski definition) is 3. The van der Waals surface area contributed by atoms with Gasteiger partial charge in [-0.05, 0) is 47.9 Å². The molecule has 2 aromatic carbocycles. The van der Waals surface area contributed by atoms with Gasteiger partial charge in [0, 0.05) is 25.1 Å². The van der Waals surface area contributed by atoms with Crippen molar-refractivity contribution in [3.05, 3.63) is 60.2 Å². The Bertz CT molecular complexity index is 1010. The van der Waals surface area contributed by atoms with Crippen LogP contribution in [-0.4, -0.2) is 24.5 Å². The van der Waals surface area contributed by atoms with Crippen LogP contribution < -0.4 is 0 Å². The molecule has 1 aromatic heterocycles. The van der Waals surface area contributed by atoms with Crippen molar-refractivity contribution in [2.45, 2.75) is 11.8 Å². The predicted molar refractivity (Wildman–Crippen MR) is 91.9 cm³/mol. The topological polar surface area (TPSA) is 52.0 Å². The highest BCUT2D eigenvalue weighted by Gasteiger charge is 2.16. The average molecular weight is 344 g/mol. The van der Waals surface area contributed by atoms with Gasteiger partial charge in [-0.1, -0.05) is 18.2 Å². The van der Waals surface area contributed by atoms with Crippen LogP contribution in [0.5, 0.6) is 0 Å². The molecule has 0 bridgehead atoms. The van der Waals surface area contributed by atoms with Crippen molar-refractivity contribution >= 4 is 9.84 Å². The predicted octanol–water partition coefficient (Wildman–Crippen LogP) is 3.61. The van der Waals surface area contributed by atoms with Gasteiger partial charge in [0.2, 0.25) is 0 Å². The van der Waals surface area contributed by atoms with E-state index >= 15 is 0 Å². The zero-order chi connectivity index (χ0) is 17.5. The minimum Gasteiger partial charge on any atom is -0.275 e. The molecule has 0 saturated heterocycles. The van der Waals surface area contributed by atoms with Crippen molar-refractivity contribution in [2.75, 3.05) is 6.26 Å². The van der Waals surface area contributed by atoms with E-state index in [0.717, 1.165) is 27.9 Å². The molecule has 0 aliphatic carbocycles. The van der Waals surface area contributed by atoms with Gasteiger partial charge in [0.25, 0.3) is 0 Å². The third kappa shape index (κ3) is 3.10. The summed E-state index contributed by atoms with van der Waals surface area (Å²) in [6.45, 7) is 1.90. The number of rotatable bonds is 3. The molecular formula is C18H17FN2O2S. The Morgan fingerprint density at radius 3 is 2.21 bits per heavy atom. The molecule has 0 saturated carbocycles. The van der Waals surface area contributed by atoms with Gasteiger partial charge in [0.1, 0.15) is 5.82 Å². The summed E-state index contributed by atoms with van der Waals surface area (Å²) in [6, 6.07) is 11.0. The molecule has 0 amide bonds. The molecule has 3 aromatic rings. The van der Waals surface area contributed by atoms with Gasteiger partial charge in [-0.25, -0.2) is 12.8 Å². The molecule has 0 unspecified atom stereocenters. The van der Waals surface area contributed by atoms with Crippen molar-refractivity contribution in [2.24, 2.45) is 7.05 Å². The van der Waals surface area contributed by atoms with Crippen LogP contribution in [0.1, 0.15) is 5.69 Å². The maximum Gasteiger partial charge on any atom is 0.175 e. The van der Waals surface area contributed by atoms with Crippen LogP contribution in [0, 0.1) is 12.7 Å². The van der Waals surface area contributed by atoms with E-state index in [-0.39, 0.29) is 10.7 Å². The number of hydrogen-bond donors (Lipinski definition) is 0. The van der Waals surface area contributed by atoms with E-state index < -0.39 is 9.84 Å². The number of aromatic nitrogens is 2. The van der Waals surface area contributed by atoms with Gasteiger partial charge in [0.15, 0.2) is 9.84 Å². The molecule has 0 aliphatic heterocycles. The highest BCUT2D eigenvalue weighted by molar-refractivity contribution is 7.90. The number of benzene rings is 2. The molecule has 0 fully saturated rings. The van der Waals surface area contributed by atoms with E-state index in [1.165, 1.54) is 18.4 Å². The second-order valence-electron chi connectivity index (χ2n) is 5.79. The molecule has 0 atom stereocenters. The maximum atomic E-state index is 13.3. The zero-order valence-electron chi connectivity index (χ0n) is 13.6. The number of nitrogens with zero attached hydrogens (tertiary/aromatic N) is 2. The lowest BCUT2D eigenvalue weighted by Crippen LogP contribution is -1.98. The summed E-state index contributed by atoms with van der Waals surface area (Å²) in [5.41, 5.74) is 4.10. The molecule has 0 radical (unpaired) electrons. The third-order valence-electron chi connectivity index (χ3n) is 3.88. The van der Waals surface area contributed by atoms with Crippen LogP contribution in [0.3, 0.4) is 0 Å². The Labute approximate surface area is 140 Å². The van der Waals surface area contributed by atoms with Gasteiger partial charge >= 0.3 is 0 Å². The Morgan fingerprint density at radius 1 is 1.00 bits per heavy atom. The fraction of sp³-hybridized carbons (Fsp3) is 0.167. The summed E-state index contributed by atoms with van der Waals surface area (Å²) in [6.07, 6.45) is 3.06. The molecule has 24 heavy (non-hydrogen) atoms. The quantitative estimate of drug-likeness (QED) is 0.729. The van der Waals surface area contributed by atoms with E-state index in [0.29, 0.717) is 0 Å². The van der Waals surface area contributed by atoms with Gasteiger partial charge in [-0.15, -0.1) is 0 Å². The molecule has 0 spiro atoms. The van der Waals surface area contributed by atoms with E-state index in [1.54, 1.807) is 35.0 Å². The first-order chi connectivity index (χ1) is 11.3. The van der Waals surface area contributed by atoms with Gasteiger partial charge in [-0.2, -0.15) is 5.10 Å². The lowest BCUT2D eigenvalue weighted by Gasteiger charge is -2.11. The van der Waals surface area contributed by atoms with Crippen LogP contribution in [-0.2, 0) is 16.9 Å². The first-order valence-corrected chi connectivity index (χ1v) is 9.25. The smallest absolute Gasteiger partial charge is 0.175 e. The van der Waals surface area contributed by atoms with Crippen molar-refractivity contribution in [3.8, 4) is 22.3 Å². The fourth-order valence-corrected chi connectivity index (χ4v) is 3.37. The van der Waals surface area contributed by atoms with Gasteiger partial charge < -0.3 is 0 Å². The second kappa shape index (κ2) is 5.87. The Balaban J connectivity index is 2.29. The Kier molecular flexibility index (Phi) is 4.01. The summed E-state index contributed by atoms with van der Waals surface area (Å²) < 4.78 is 38.8. The highest BCUT2D eigenvalue weighted by Crippen LogP contribution is 2.35. The lowest BCUT2D eigenvalue weighted by atomic mass is 9.95. The largest absolute Gasteiger partial charge is 0.275 e. The molecule has 3 rings (SSSR count). The third-order valence-corrected chi connectivity index (χ3v) is 4.99. The monoisotopic (exact) mass is 344 g/mol. The van der Waals surface area contributed by atoms with E-state index in [2.05, 4.69) is 5.10 Å². The summed E-state index contributed by atoms with van der Waals surface area (Å²) >= 11 is 0. The van der Waals surface area contributed by atoms with Crippen LogP contribution in [0.25, 0.3) is 22.3 Å². The minimum absolute atomic E-state index is 0.229. The molecule has 0 N–H and O–H groups in total. The number of sulfone groups is 1. The maximum absolute atomic E-state index is 13.3. The highest BCUT2D eigenvalue weighted by atomic mass is 32.2. The van der Waals surface area contributed by atoms with E-state index in [1.807, 2.05) is 20.2 Å². The molecule has 0 aliphatic rings. The Morgan fingerprint density at radius 2 is 1.67 bits per heavy atom.